The lowest BCUT2D eigenvalue weighted by atomic mass is 10.1. The number of rotatable bonds is 1. The summed E-state index contributed by atoms with van der Waals surface area (Å²) in [5, 5.41) is 4.33. The summed E-state index contributed by atoms with van der Waals surface area (Å²) >= 11 is 9.89. The van der Waals surface area contributed by atoms with Crippen molar-refractivity contribution in [1.29, 1.82) is 0 Å². The van der Waals surface area contributed by atoms with Crippen molar-refractivity contribution in [3.05, 3.63) is 65.7 Å². The van der Waals surface area contributed by atoms with Gasteiger partial charge in [-0.15, -0.1) is 22.7 Å². The molecule has 0 saturated carbocycles. The molecule has 0 aliphatic heterocycles. The smallest absolute Gasteiger partial charge is 0.125 e. The van der Waals surface area contributed by atoms with E-state index in [0.29, 0.717) is 0 Å². The van der Waals surface area contributed by atoms with Crippen LogP contribution in [0.5, 0.6) is 0 Å². The molecule has 5 rings (SSSR count). The summed E-state index contributed by atoms with van der Waals surface area (Å²) in [6.45, 7) is 0. The molecule has 0 aliphatic carbocycles. The predicted octanol–water partition coefficient (Wildman–Crippen LogP) is 6.98. The molecule has 0 aliphatic rings. The van der Waals surface area contributed by atoms with Crippen molar-refractivity contribution < 1.29 is 0 Å². The molecule has 3 aromatic carbocycles. The van der Waals surface area contributed by atoms with Crippen molar-refractivity contribution in [2.75, 3.05) is 0 Å². The van der Waals surface area contributed by atoms with Crippen molar-refractivity contribution in [3.63, 3.8) is 0 Å². The molecule has 1 nitrogen and oxygen atoms in total. The third kappa shape index (κ3) is 2.08. The number of benzene rings is 3. The van der Waals surface area contributed by atoms with Gasteiger partial charge in [-0.05, 0) is 30.3 Å². The summed E-state index contributed by atoms with van der Waals surface area (Å²) in [5.41, 5.74) is 2.17. The molecule has 0 unspecified atom stereocenters. The molecule has 23 heavy (non-hydrogen) atoms. The van der Waals surface area contributed by atoms with Gasteiger partial charge in [0.1, 0.15) is 5.01 Å². The normalized spacial score (nSPS) is 11.7. The maximum absolute atomic E-state index is 6.38. The highest BCUT2D eigenvalue weighted by Crippen LogP contribution is 2.43. The number of fused-ring (bicyclic) bond motifs is 4. The van der Waals surface area contributed by atoms with Crippen molar-refractivity contribution >= 4 is 64.7 Å². The fourth-order valence-corrected chi connectivity index (χ4v) is 5.42. The number of thiazole rings is 1. The minimum absolute atomic E-state index is 0.762. The number of thiophene rings is 1. The van der Waals surface area contributed by atoms with Crippen LogP contribution >= 0.6 is 34.3 Å². The third-order valence-electron chi connectivity index (χ3n) is 3.97. The molecular formula is C19H10ClNS2. The Hall–Kier alpha value is -1.94. The van der Waals surface area contributed by atoms with Gasteiger partial charge < -0.3 is 0 Å². The quantitative estimate of drug-likeness (QED) is 0.317. The Kier molecular flexibility index (Phi) is 2.95. The Bertz CT molecular complexity index is 1150. The minimum atomic E-state index is 0.762. The fraction of sp³-hybridized carbons (Fsp3) is 0. The summed E-state index contributed by atoms with van der Waals surface area (Å²) in [4.78, 5) is 4.83. The molecule has 2 heterocycles. The molecule has 110 valence electrons. The van der Waals surface area contributed by atoms with Gasteiger partial charge in [-0.3, -0.25) is 0 Å². The van der Waals surface area contributed by atoms with E-state index in [1.807, 2.05) is 12.1 Å². The summed E-state index contributed by atoms with van der Waals surface area (Å²) in [7, 11) is 0. The summed E-state index contributed by atoms with van der Waals surface area (Å²) in [5.74, 6) is 0. The number of para-hydroxylation sites is 1. The molecule has 0 radical (unpaired) electrons. The molecule has 0 amide bonds. The monoisotopic (exact) mass is 351 g/mol. The van der Waals surface area contributed by atoms with Gasteiger partial charge in [-0.25, -0.2) is 4.98 Å². The first-order valence-corrected chi connectivity index (χ1v) is 9.27. The number of hydrogen-bond donors (Lipinski definition) is 0. The van der Waals surface area contributed by atoms with Crippen LogP contribution in [-0.4, -0.2) is 4.98 Å². The standard InChI is InChI=1S/C19H10ClNS2/c20-11-9-13(19-21-14-6-2-4-8-16(14)23-19)18-12-5-1-3-7-15(12)22-17(18)10-11/h1-10H. The summed E-state index contributed by atoms with van der Waals surface area (Å²) < 4.78 is 3.70. The number of nitrogens with zero attached hydrogens (tertiary/aromatic N) is 1. The van der Waals surface area contributed by atoms with E-state index in [0.717, 1.165) is 21.1 Å². The molecule has 5 aromatic rings. The zero-order valence-corrected chi connectivity index (χ0v) is 14.3. The first-order valence-electron chi connectivity index (χ1n) is 7.26. The second-order valence-corrected chi connectivity index (χ2v) is 7.96. The van der Waals surface area contributed by atoms with Crippen LogP contribution in [0.4, 0.5) is 0 Å². The molecule has 4 heteroatoms. The Morgan fingerprint density at radius 3 is 2.43 bits per heavy atom. The Morgan fingerprint density at radius 1 is 0.783 bits per heavy atom. The molecule has 0 fully saturated rings. The average Bonchev–Trinajstić information content (AvgIpc) is 3.14. The molecular weight excluding hydrogens is 342 g/mol. The Labute approximate surface area is 145 Å². The molecule has 0 bridgehead atoms. The van der Waals surface area contributed by atoms with Crippen LogP contribution in [0.2, 0.25) is 5.02 Å². The van der Waals surface area contributed by atoms with Gasteiger partial charge in [0.25, 0.3) is 0 Å². The second kappa shape index (κ2) is 5.03. The highest BCUT2D eigenvalue weighted by molar-refractivity contribution is 7.26. The second-order valence-electron chi connectivity index (χ2n) is 5.41. The lowest BCUT2D eigenvalue weighted by Gasteiger charge is -2.02. The van der Waals surface area contributed by atoms with Gasteiger partial charge >= 0.3 is 0 Å². The van der Waals surface area contributed by atoms with E-state index < -0.39 is 0 Å². The lowest BCUT2D eigenvalue weighted by molar-refractivity contribution is 1.49. The van der Waals surface area contributed by atoms with Crippen LogP contribution in [0.1, 0.15) is 0 Å². The maximum atomic E-state index is 6.38. The summed E-state index contributed by atoms with van der Waals surface area (Å²) in [6.07, 6.45) is 0. The van der Waals surface area contributed by atoms with Gasteiger partial charge in [0.2, 0.25) is 0 Å². The first kappa shape index (κ1) is 13.5. The number of aromatic nitrogens is 1. The van der Waals surface area contributed by atoms with Crippen molar-refractivity contribution in [1.82, 2.24) is 4.98 Å². The van der Waals surface area contributed by atoms with Gasteiger partial charge in [-0.1, -0.05) is 41.9 Å². The van der Waals surface area contributed by atoms with E-state index in [1.54, 1.807) is 22.7 Å². The van der Waals surface area contributed by atoms with Crippen LogP contribution in [0.15, 0.2) is 60.7 Å². The van der Waals surface area contributed by atoms with E-state index in [2.05, 4.69) is 48.5 Å². The van der Waals surface area contributed by atoms with Crippen molar-refractivity contribution in [3.8, 4) is 10.6 Å². The minimum Gasteiger partial charge on any atom is -0.236 e. The Balaban J connectivity index is 1.92. The number of halogens is 1. The van der Waals surface area contributed by atoms with Crippen LogP contribution in [0, 0.1) is 0 Å². The van der Waals surface area contributed by atoms with Gasteiger partial charge in [0.05, 0.1) is 10.2 Å². The SMILES string of the molecule is Clc1cc(-c2nc3ccccc3s2)c2c(c1)sc1ccccc12. The van der Waals surface area contributed by atoms with Crippen LogP contribution in [0.25, 0.3) is 41.0 Å². The molecule has 0 N–H and O–H groups in total. The summed E-state index contributed by atoms with van der Waals surface area (Å²) in [6, 6.07) is 20.9. The molecule has 0 spiro atoms. The third-order valence-corrected chi connectivity index (χ3v) is 6.37. The highest BCUT2D eigenvalue weighted by Gasteiger charge is 2.15. The first-order chi connectivity index (χ1) is 11.3. The zero-order chi connectivity index (χ0) is 15.4. The van der Waals surface area contributed by atoms with Crippen LogP contribution in [0.3, 0.4) is 0 Å². The largest absolute Gasteiger partial charge is 0.236 e. The Morgan fingerprint density at radius 2 is 1.57 bits per heavy atom. The average molecular weight is 352 g/mol. The highest BCUT2D eigenvalue weighted by atomic mass is 35.5. The fourth-order valence-electron chi connectivity index (χ4n) is 2.98. The zero-order valence-electron chi connectivity index (χ0n) is 11.9. The molecule has 2 aromatic heterocycles. The van der Waals surface area contributed by atoms with Gasteiger partial charge in [0.15, 0.2) is 0 Å². The lowest BCUT2D eigenvalue weighted by Crippen LogP contribution is -1.79. The topological polar surface area (TPSA) is 12.9 Å². The van der Waals surface area contributed by atoms with Crippen LogP contribution in [-0.2, 0) is 0 Å². The van der Waals surface area contributed by atoms with Gasteiger partial charge in [0, 0.05) is 30.8 Å². The van der Waals surface area contributed by atoms with Crippen molar-refractivity contribution in [2.24, 2.45) is 0 Å². The molecule has 0 saturated heterocycles. The predicted molar refractivity (Wildman–Crippen MR) is 103 cm³/mol. The van der Waals surface area contributed by atoms with E-state index in [1.165, 1.54) is 24.9 Å². The van der Waals surface area contributed by atoms with Crippen LogP contribution < -0.4 is 0 Å². The molecule has 0 atom stereocenters. The van der Waals surface area contributed by atoms with Gasteiger partial charge in [-0.2, -0.15) is 0 Å². The van der Waals surface area contributed by atoms with E-state index in [4.69, 9.17) is 16.6 Å². The van der Waals surface area contributed by atoms with E-state index in [9.17, 15) is 0 Å². The van der Waals surface area contributed by atoms with E-state index in [-0.39, 0.29) is 0 Å². The van der Waals surface area contributed by atoms with E-state index >= 15 is 0 Å². The maximum Gasteiger partial charge on any atom is 0.125 e. The van der Waals surface area contributed by atoms with Crippen molar-refractivity contribution in [2.45, 2.75) is 0 Å². The number of hydrogen-bond acceptors (Lipinski definition) is 3.